The second kappa shape index (κ2) is 12.4. The summed E-state index contributed by atoms with van der Waals surface area (Å²) in [5.41, 5.74) is 4.22. The van der Waals surface area contributed by atoms with E-state index in [1.165, 1.54) is 0 Å². The van der Waals surface area contributed by atoms with Crippen LogP contribution in [0.25, 0.3) is 0 Å². The number of aromatic hydroxyl groups is 1. The minimum absolute atomic E-state index is 0.00600. The lowest BCUT2D eigenvalue weighted by Crippen LogP contribution is -2.36. The molecule has 0 radical (unpaired) electrons. The number of methoxy groups -OCH3 is 1. The molecule has 2 aromatic rings. The largest absolute Gasteiger partial charge is 0.504 e. The Bertz CT molecular complexity index is 1250. The first-order valence-corrected chi connectivity index (χ1v) is 14.1. The molecular formula is C30H35NO6S. The molecule has 0 aromatic heterocycles. The Labute approximate surface area is 228 Å². The van der Waals surface area contributed by atoms with E-state index in [2.05, 4.69) is 12.2 Å². The fourth-order valence-corrected chi connectivity index (χ4v) is 5.64. The number of hydrogen-bond acceptors (Lipinski definition) is 8. The van der Waals surface area contributed by atoms with Crippen LogP contribution in [-0.2, 0) is 14.3 Å². The first-order valence-electron chi connectivity index (χ1n) is 13.0. The van der Waals surface area contributed by atoms with Gasteiger partial charge in [-0.05, 0) is 67.3 Å². The van der Waals surface area contributed by atoms with Gasteiger partial charge in [0, 0.05) is 35.1 Å². The van der Waals surface area contributed by atoms with Crippen LogP contribution >= 0.6 is 11.8 Å². The average molecular weight is 538 g/mol. The van der Waals surface area contributed by atoms with Crippen molar-refractivity contribution in [2.24, 2.45) is 0 Å². The van der Waals surface area contributed by atoms with Crippen molar-refractivity contribution < 1.29 is 28.9 Å². The smallest absolute Gasteiger partial charge is 0.336 e. The molecule has 4 rings (SSSR count). The van der Waals surface area contributed by atoms with Gasteiger partial charge in [0.1, 0.15) is 12.4 Å². The number of carbonyl (C=O) groups excluding carboxylic acids is 2. The third-order valence-corrected chi connectivity index (χ3v) is 7.78. The van der Waals surface area contributed by atoms with Crippen LogP contribution in [0.5, 0.6) is 17.2 Å². The van der Waals surface area contributed by atoms with Crippen LogP contribution in [0.3, 0.4) is 0 Å². The van der Waals surface area contributed by atoms with Gasteiger partial charge in [-0.3, -0.25) is 4.79 Å². The summed E-state index contributed by atoms with van der Waals surface area (Å²) in [5, 5.41) is 13.7. The molecule has 0 spiro atoms. The predicted octanol–water partition coefficient (Wildman–Crippen LogP) is 5.46. The molecule has 2 N–H and O–H groups in total. The Morgan fingerprint density at radius 3 is 2.53 bits per heavy atom. The molecule has 1 aliphatic heterocycles. The number of ether oxygens (including phenoxy) is 3. The van der Waals surface area contributed by atoms with Crippen molar-refractivity contribution >= 4 is 23.5 Å². The maximum atomic E-state index is 13.8. The van der Waals surface area contributed by atoms with Crippen LogP contribution in [0, 0.1) is 0 Å². The van der Waals surface area contributed by atoms with Gasteiger partial charge in [-0.15, -0.1) is 0 Å². The maximum Gasteiger partial charge on any atom is 0.336 e. The zero-order valence-electron chi connectivity index (χ0n) is 22.3. The minimum Gasteiger partial charge on any atom is -0.504 e. The fourth-order valence-electron chi connectivity index (χ4n) is 5.15. The number of carbonyl (C=O) groups is 2. The Morgan fingerprint density at radius 1 is 1.11 bits per heavy atom. The predicted molar refractivity (Wildman–Crippen MR) is 149 cm³/mol. The average Bonchev–Trinajstić information content (AvgIpc) is 2.91. The van der Waals surface area contributed by atoms with E-state index in [-0.39, 0.29) is 17.5 Å². The van der Waals surface area contributed by atoms with Crippen molar-refractivity contribution in [2.75, 3.05) is 31.8 Å². The lowest BCUT2D eigenvalue weighted by atomic mass is 9.71. The van der Waals surface area contributed by atoms with Gasteiger partial charge < -0.3 is 24.6 Å². The van der Waals surface area contributed by atoms with E-state index in [1.807, 2.05) is 38.1 Å². The zero-order valence-corrected chi connectivity index (χ0v) is 23.2. The first-order chi connectivity index (χ1) is 18.4. The molecule has 2 aliphatic rings. The summed E-state index contributed by atoms with van der Waals surface area (Å²) in [4.78, 5) is 27.2. The molecule has 0 saturated heterocycles. The third-order valence-electron chi connectivity index (χ3n) is 6.92. The number of benzene rings is 2. The van der Waals surface area contributed by atoms with Gasteiger partial charge in [0.2, 0.25) is 0 Å². The van der Waals surface area contributed by atoms with E-state index < -0.39 is 11.9 Å². The molecule has 38 heavy (non-hydrogen) atoms. The van der Waals surface area contributed by atoms with Crippen LogP contribution in [-0.4, -0.2) is 48.7 Å². The molecule has 2 atom stereocenters. The van der Waals surface area contributed by atoms with Crippen LogP contribution in [0.2, 0.25) is 0 Å². The number of nitrogens with one attached hydrogen (secondary N) is 1. The molecular weight excluding hydrogens is 502 g/mol. The SMILES string of the molecule is CCOc1cc([C@@H]2C(C(=O)OCCSCC)=C(C)NC3=C2C(=O)C[C@@H](c2ccc(OC)cc2)C3)ccc1O. The Morgan fingerprint density at radius 2 is 1.84 bits per heavy atom. The Kier molecular flexibility index (Phi) is 9.05. The summed E-state index contributed by atoms with van der Waals surface area (Å²) in [6.45, 7) is 6.41. The summed E-state index contributed by atoms with van der Waals surface area (Å²) in [6, 6.07) is 12.8. The molecule has 0 bridgehead atoms. The van der Waals surface area contributed by atoms with Gasteiger partial charge in [-0.1, -0.05) is 25.1 Å². The highest BCUT2D eigenvalue weighted by atomic mass is 32.2. The molecule has 0 saturated carbocycles. The van der Waals surface area contributed by atoms with E-state index in [4.69, 9.17) is 14.2 Å². The standard InChI is InChI=1S/C30H35NO6S/c1-5-36-26-17-20(9-12-24(26)32)28-27(30(34)37-13-14-38-6-2)18(3)31-23-15-21(16-25(33)29(23)28)19-7-10-22(35-4)11-8-19/h7-12,17,21,28,31-32H,5-6,13-16H2,1-4H3/t21-,28+/m0/s1. The highest BCUT2D eigenvalue weighted by molar-refractivity contribution is 7.99. The van der Waals surface area contributed by atoms with Crippen molar-refractivity contribution in [2.45, 2.75) is 45.4 Å². The molecule has 2 aromatic carbocycles. The minimum atomic E-state index is -0.623. The van der Waals surface area contributed by atoms with Crippen molar-refractivity contribution in [3.05, 3.63) is 76.1 Å². The van der Waals surface area contributed by atoms with Gasteiger partial charge in [-0.25, -0.2) is 4.79 Å². The van der Waals surface area contributed by atoms with Crippen LogP contribution in [0.4, 0.5) is 0 Å². The number of Topliss-reactive ketones (excluding diaryl/α,β-unsaturated/α-hetero) is 1. The van der Waals surface area contributed by atoms with Crippen molar-refractivity contribution in [3.63, 3.8) is 0 Å². The normalized spacial score (nSPS) is 19.1. The number of rotatable bonds is 10. The molecule has 1 aliphatic carbocycles. The molecule has 0 unspecified atom stereocenters. The van der Waals surface area contributed by atoms with Gasteiger partial charge >= 0.3 is 5.97 Å². The molecule has 0 amide bonds. The van der Waals surface area contributed by atoms with E-state index in [0.29, 0.717) is 60.0 Å². The van der Waals surface area contributed by atoms with Crippen LogP contribution < -0.4 is 14.8 Å². The Balaban J connectivity index is 1.74. The second-order valence-corrected chi connectivity index (χ2v) is 10.7. The van der Waals surface area contributed by atoms with Crippen molar-refractivity contribution in [3.8, 4) is 17.2 Å². The molecule has 202 valence electrons. The third kappa shape index (κ3) is 5.85. The topological polar surface area (TPSA) is 94.1 Å². The number of phenols is 1. The lowest BCUT2D eigenvalue weighted by Gasteiger charge is -2.36. The van der Waals surface area contributed by atoms with Crippen LogP contribution in [0.15, 0.2) is 65.0 Å². The quantitative estimate of drug-likeness (QED) is 0.305. The van der Waals surface area contributed by atoms with E-state index >= 15 is 0 Å². The zero-order chi connectivity index (χ0) is 27.2. The van der Waals surface area contributed by atoms with Gasteiger partial charge in [0.15, 0.2) is 17.3 Å². The first kappa shape index (κ1) is 27.6. The van der Waals surface area contributed by atoms with E-state index in [9.17, 15) is 14.7 Å². The van der Waals surface area contributed by atoms with Gasteiger partial charge in [0.05, 0.1) is 19.3 Å². The second-order valence-electron chi connectivity index (χ2n) is 9.28. The molecule has 8 heteroatoms. The molecule has 0 fully saturated rings. The van der Waals surface area contributed by atoms with Crippen molar-refractivity contribution in [1.82, 2.24) is 5.32 Å². The monoisotopic (exact) mass is 537 g/mol. The summed E-state index contributed by atoms with van der Waals surface area (Å²) in [6.07, 6.45) is 0.960. The molecule has 1 heterocycles. The van der Waals surface area contributed by atoms with E-state index in [0.717, 1.165) is 22.8 Å². The maximum absolute atomic E-state index is 13.8. The lowest BCUT2D eigenvalue weighted by molar-refractivity contribution is -0.138. The summed E-state index contributed by atoms with van der Waals surface area (Å²) in [5.74, 6) is 1.66. The number of hydrogen-bond donors (Lipinski definition) is 2. The molecule has 7 nitrogen and oxygen atoms in total. The van der Waals surface area contributed by atoms with Gasteiger partial charge in [-0.2, -0.15) is 11.8 Å². The summed E-state index contributed by atoms with van der Waals surface area (Å²) < 4.78 is 16.6. The fraction of sp³-hybridized carbons (Fsp3) is 0.400. The number of esters is 1. The number of thioether (sulfide) groups is 1. The number of phenolic OH excluding ortho intramolecular Hbond substituents is 1. The highest BCUT2D eigenvalue weighted by Gasteiger charge is 2.41. The number of allylic oxidation sites excluding steroid dienone is 3. The van der Waals surface area contributed by atoms with Crippen molar-refractivity contribution in [1.29, 1.82) is 0 Å². The summed E-state index contributed by atoms with van der Waals surface area (Å²) >= 11 is 1.70. The van der Waals surface area contributed by atoms with E-state index in [1.54, 1.807) is 37.1 Å². The highest BCUT2D eigenvalue weighted by Crippen LogP contribution is 2.47. The van der Waals surface area contributed by atoms with Gasteiger partial charge in [0.25, 0.3) is 0 Å². The number of ketones is 1. The summed E-state index contributed by atoms with van der Waals surface area (Å²) in [7, 11) is 1.63. The number of dihydropyridines is 1. The Hall–Kier alpha value is -3.39. The van der Waals surface area contributed by atoms with Crippen LogP contribution in [0.1, 0.15) is 56.6 Å².